The topological polar surface area (TPSA) is 66.8 Å². The maximum Gasteiger partial charge on any atom is 0.410 e. The van der Waals surface area contributed by atoms with Gasteiger partial charge in [0.1, 0.15) is 5.60 Å². The maximum atomic E-state index is 13.9. The fourth-order valence-electron chi connectivity index (χ4n) is 2.45. The van der Waals surface area contributed by atoms with Crippen molar-refractivity contribution < 1.29 is 23.8 Å². The third-order valence-corrected chi connectivity index (χ3v) is 3.21. The first-order chi connectivity index (χ1) is 7.68. The van der Waals surface area contributed by atoms with E-state index in [1.165, 1.54) is 4.90 Å². The normalized spacial score (nSPS) is 35.4. The number of piperidine rings is 1. The summed E-state index contributed by atoms with van der Waals surface area (Å²) < 4.78 is 19.0. The van der Waals surface area contributed by atoms with Gasteiger partial charge in [0.2, 0.25) is 5.67 Å². The fraction of sp³-hybridized carbons (Fsp3) is 0.818. The zero-order valence-electron chi connectivity index (χ0n) is 10.1. The van der Waals surface area contributed by atoms with Crippen LogP contribution in [0.3, 0.4) is 0 Å². The minimum Gasteiger partial charge on any atom is -0.479 e. The number of rotatable bonds is 1. The van der Waals surface area contributed by atoms with E-state index in [1.54, 1.807) is 20.8 Å². The molecule has 0 radical (unpaired) electrons. The Balaban J connectivity index is 2.06. The van der Waals surface area contributed by atoms with E-state index in [9.17, 15) is 14.0 Å². The second kappa shape index (κ2) is 3.34. The van der Waals surface area contributed by atoms with Crippen molar-refractivity contribution in [3.63, 3.8) is 0 Å². The van der Waals surface area contributed by atoms with Crippen molar-refractivity contribution in [2.24, 2.45) is 5.92 Å². The lowest BCUT2D eigenvalue weighted by Crippen LogP contribution is -2.42. The van der Waals surface area contributed by atoms with E-state index < -0.39 is 35.3 Å². The van der Waals surface area contributed by atoms with Crippen LogP contribution in [0, 0.1) is 5.92 Å². The van der Waals surface area contributed by atoms with Crippen molar-refractivity contribution in [2.75, 3.05) is 6.54 Å². The Morgan fingerprint density at radius 1 is 1.47 bits per heavy atom. The number of carbonyl (C=O) groups excluding carboxylic acids is 1. The number of alkyl halides is 1. The van der Waals surface area contributed by atoms with Gasteiger partial charge in [-0.1, -0.05) is 0 Å². The number of likely N-dealkylation sites (tertiary alicyclic amines) is 1. The first kappa shape index (κ1) is 12.1. The molecule has 2 rings (SSSR count). The third-order valence-electron chi connectivity index (χ3n) is 3.21. The van der Waals surface area contributed by atoms with Crippen LogP contribution in [-0.4, -0.2) is 45.9 Å². The summed E-state index contributed by atoms with van der Waals surface area (Å²) in [6.07, 6.45) is -0.252. The van der Waals surface area contributed by atoms with Gasteiger partial charge in [0.05, 0.1) is 6.04 Å². The predicted molar refractivity (Wildman–Crippen MR) is 56.3 cm³/mol. The Hall–Kier alpha value is -1.33. The first-order valence-corrected chi connectivity index (χ1v) is 5.60. The largest absolute Gasteiger partial charge is 0.479 e. The molecular weight excluding hydrogens is 229 g/mol. The third kappa shape index (κ3) is 1.75. The molecule has 0 aromatic rings. The molecule has 6 heteroatoms. The van der Waals surface area contributed by atoms with Gasteiger partial charge in [0, 0.05) is 12.5 Å². The second-order valence-electron chi connectivity index (χ2n) is 5.59. The van der Waals surface area contributed by atoms with Crippen molar-refractivity contribution in [1.82, 2.24) is 4.90 Å². The molecule has 1 aliphatic carbocycles. The van der Waals surface area contributed by atoms with Crippen LogP contribution in [0.15, 0.2) is 0 Å². The van der Waals surface area contributed by atoms with Gasteiger partial charge in [-0.25, -0.2) is 14.0 Å². The summed E-state index contributed by atoms with van der Waals surface area (Å²) >= 11 is 0. The molecule has 0 aromatic carbocycles. The smallest absolute Gasteiger partial charge is 0.410 e. The molecule has 96 valence electrons. The number of carboxylic acids is 1. The summed E-state index contributed by atoms with van der Waals surface area (Å²) in [5.41, 5.74) is -2.93. The van der Waals surface area contributed by atoms with Gasteiger partial charge in [0.15, 0.2) is 0 Å². The highest BCUT2D eigenvalue weighted by atomic mass is 19.1. The highest BCUT2D eigenvalue weighted by Crippen LogP contribution is 2.57. The number of amides is 1. The van der Waals surface area contributed by atoms with E-state index in [0.717, 1.165) is 0 Å². The summed E-state index contributed by atoms with van der Waals surface area (Å²) in [5, 5.41) is 8.80. The molecule has 2 fully saturated rings. The van der Waals surface area contributed by atoms with E-state index in [-0.39, 0.29) is 0 Å². The Bertz CT molecular complexity index is 378. The highest BCUT2D eigenvalue weighted by Gasteiger charge is 2.77. The average Bonchev–Trinajstić information content (AvgIpc) is 2.57. The van der Waals surface area contributed by atoms with E-state index in [2.05, 4.69) is 0 Å². The summed E-state index contributed by atoms with van der Waals surface area (Å²) in [6.45, 7) is 5.50. The van der Waals surface area contributed by atoms with Crippen LogP contribution in [0.1, 0.15) is 27.2 Å². The molecule has 0 spiro atoms. The summed E-state index contributed by atoms with van der Waals surface area (Å²) in [6, 6.07) is -0.852. The van der Waals surface area contributed by atoms with Crippen LogP contribution >= 0.6 is 0 Å². The molecule has 0 aromatic heterocycles. The summed E-state index contributed by atoms with van der Waals surface area (Å²) in [4.78, 5) is 23.7. The molecule has 1 N–H and O–H groups in total. The van der Waals surface area contributed by atoms with Gasteiger partial charge in [-0.3, -0.25) is 0 Å². The summed E-state index contributed by atoms with van der Waals surface area (Å²) in [5.74, 6) is -2.06. The summed E-state index contributed by atoms with van der Waals surface area (Å²) in [7, 11) is 0. The standard InChI is InChI=1S/C11H16FNO4/c1-10(2,3)17-9(16)13-5-4-6-7(13)11(6,12)8(14)15/h6-7H,4-5H2,1-3H3,(H,14,15)/t6-,7-,11-/m1/s1. The van der Waals surface area contributed by atoms with Gasteiger partial charge >= 0.3 is 12.1 Å². The molecule has 5 nitrogen and oxygen atoms in total. The number of halogens is 1. The van der Waals surface area contributed by atoms with E-state index in [1.807, 2.05) is 0 Å². The van der Waals surface area contributed by atoms with Crippen molar-refractivity contribution in [3.05, 3.63) is 0 Å². The molecule has 1 saturated carbocycles. The number of carbonyl (C=O) groups is 2. The monoisotopic (exact) mass is 245 g/mol. The van der Waals surface area contributed by atoms with Crippen LogP contribution in [0.2, 0.25) is 0 Å². The number of fused-ring (bicyclic) bond motifs is 1. The van der Waals surface area contributed by atoms with Crippen LogP contribution in [0.5, 0.6) is 0 Å². The molecule has 1 heterocycles. The zero-order valence-corrected chi connectivity index (χ0v) is 10.1. The minimum absolute atomic E-state index is 0.364. The first-order valence-electron chi connectivity index (χ1n) is 5.60. The lowest BCUT2D eigenvalue weighted by atomic mass is 10.2. The SMILES string of the molecule is CC(C)(C)OC(=O)N1CC[C@@H]2[C@@H]1[C@@]2(F)C(=O)O. The van der Waals surface area contributed by atoms with Gasteiger partial charge in [-0.05, 0) is 27.2 Å². The maximum absolute atomic E-state index is 13.9. The fourth-order valence-corrected chi connectivity index (χ4v) is 2.45. The van der Waals surface area contributed by atoms with E-state index >= 15 is 0 Å². The Labute approximate surface area is 98.5 Å². The molecule has 3 atom stereocenters. The van der Waals surface area contributed by atoms with Crippen LogP contribution < -0.4 is 0 Å². The number of hydrogen-bond donors (Lipinski definition) is 1. The molecule has 0 unspecified atom stereocenters. The highest BCUT2D eigenvalue weighted by molar-refractivity contribution is 5.86. The number of nitrogens with zero attached hydrogens (tertiary/aromatic N) is 1. The second-order valence-corrected chi connectivity index (χ2v) is 5.59. The number of carboxylic acid groups (broad SMARTS) is 1. The van der Waals surface area contributed by atoms with Crippen molar-refractivity contribution in [3.8, 4) is 0 Å². The van der Waals surface area contributed by atoms with Crippen LogP contribution in [0.4, 0.5) is 9.18 Å². The number of aliphatic carboxylic acids is 1. The Kier molecular flexibility index (Phi) is 2.38. The number of ether oxygens (including phenoxy) is 1. The quantitative estimate of drug-likeness (QED) is 0.758. The average molecular weight is 245 g/mol. The van der Waals surface area contributed by atoms with Crippen molar-refractivity contribution >= 4 is 12.1 Å². The molecule has 1 amide bonds. The lowest BCUT2D eigenvalue weighted by molar-refractivity contribution is -0.146. The van der Waals surface area contributed by atoms with Gasteiger partial charge in [-0.2, -0.15) is 0 Å². The van der Waals surface area contributed by atoms with Crippen molar-refractivity contribution in [2.45, 2.75) is 44.5 Å². The molecule has 17 heavy (non-hydrogen) atoms. The van der Waals surface area contributed by atoms with Gasteiger partial charge < -0.3 is 14.7 Å². The lowest BCUT2D eigenvalue weighted by Gasteiger charge is -2.26. The molecule has 1 aliphatic heterocycles. The van der Waals surface area contributed by atoms with E-state index in [4.69, 9.17) is 9.84 Å². The predicted octanol–water partition coefficient (Wildman–Crippen LogP) is 1.42. The minimum atomic E-state index is -2.27. The molecular formula is C11H16FNO4. The van der Waals surface area contributed by atoms with Crippen LogP contribution in [-0.2, 0) is 9.53 Å². The van der Waals surface area contributed by atoms with Gasteiger partial charge in [0.25, 0.3) is 0 Å². The Morgan fingerprint density at radius 3 is 2.47 bits per heavy atom. The molecule has 2 aliphatic rings. The number of hydrogen-bond acceptors (Lipinski definition) is 3. The zero-order chi connectivity index (χ0) is 13.0. The van der Waals surface area contributed by atoms with E-state index in [0.29, 0.717) is 13.0 Å². The molecule has 0 bridgehead atoms. The molecule has 1 saturated heterocycles. The Morgan fingerprint density at radius 2 is 2.06 bits per heavy atom. The van der Waals surface area contributed by atoms with Gasteiger partial charge in [-0.15, -0.1) is 0 Å². The van der Waals surface area contributed by atoms with Crippen molar-refractivity contribution in [1.29, 1.82) is 0 Å². The van der Waals surface area contributed by atoms with Crippen LogP contribution in [0.25, 0.3) is 0 Å².